The lowest BCUT2D eigenvalue weighted by molar-refractivity contribution is 0.181. The van der Waals surface area contributed by atoms with E-state index in [1.54, 1.807) is 4.90 Å². The highest BCUT2D eigenvalue weighted by atomic mass is 16.2. The average molecular weight is 205 g/mol. The average Bonchev–Trinajstić information content (AvgIpc) is 2.93. The number of carbonyl (C=O) groups excluding carboxylic acids is 1. The highest BCUT2D eigenvalue weighted by Crippen LogP contribution is 2.40. The Hall–Kier alpha value is -1.50. The fraction of sp³-hybridized carbons (Fsp3) is 0.636. The summed E-state index contributed by atoms with van der Waals surface area (Å²) in [5.41, 5.74) is 5.37. The molecule has 1 heterocycles. The molecule has 2 aliphatic rings. The van der Waals surface area contributed by atoms with Crippen LogP contribution in [0.2, 0.25) is 0 Å². The van der Waals surface area contributed by atoms with Gasteiger partial charge in [0.1, 0.15) is 11.4 Å². The van der Waals surface area contributed by atoms with Gasteiger partial charge in [0.15, 0.2) is 0 Å². The SMILES string of the molecule is C#CCN1C(=O)N=C(N)C1(C)CC1CC1. The lowest BCUT2D eigenvalue weighted by Gasteiger charge is -2.33. The molecule has 2 N–H and O–H groups in total. The van der Waals surface area contributed by atoms with Crippen LogP contribution in [0.4, 0.5) is 4.79 Å². The first-order valence-electron chi connectivity index (χ1n) is 5.17. The molecule has 15 heavy (non-hydrogen) atoms. The molecule has 2 amide bonds. The summed E-state index contributed by atoms with van der Waals surface area (Å²) in [4.78, 5) is 17.0. The van der Waals surface area contributed by atoms with Crippen LogP contribution in [-0.2, 0) is 0 Å². The minimum Gasteiger partial charge on any atom is -0.385 e. The Balaban J connectivity index is 2.21. The topological polar surface area (TPSA) is 58.7 Å². The molecule has 0 aromatic carbocycles. The van der Waals surface area contributed by atoms with Gasteiger partial charge >= 0.3 is 6.03 Å². The van der Waals surface area contributed by atoms with E-state index >= 15 is 0 Å². The summed E-state index contributed by atoms with van der Waals surface area (Å²) in [7, 11) is 0. The summed E-state index contributed by atoms with van der Waals surface area (Å²) in [5.74, 6) is 3.57. The maximum absolute atomic E-state index is 11.6. The maximum Gasteiger partial charge on any atom is 0.346 e. The zero-order valence-electron chi connectivity index (χ0n) is 8.86. The van der Waals surface area contributed by atoms with E-state index < -0.39 is 5.54 Å². The number of amides is 2. The van der Waals surface area contributed by atoms with Crippen molar-refractivity contribution in [1.82, 2.24) is 4.90 Å². The molecular weight excluding hydrogens is 190 g/mol. The van der Waals surface area contributed by atoms with Crippen LogP contribution in [0, 0.1) is 18.3 Å². The number of rotatable bonds is 3. The van der Waals surface area contributed by atoms with Crippen molar-refractivity contribution in [2.24, 2.45) is 16.6 Å². The molecule has 1 aliphatic carbocycles. The zero-order chi connectivity index (χ0) is 11.1. The van der Waals surface area contributed by atoms with Crippen molar-refractivity contribution in [3.63, 3.8) is 0 Å². The first-order chi connectivity index (χ1) is 7.08. The number of nitrogens with two attached hydrogens (primary N) is 1. The van der Waals surface area contributed by atoms with Crippen LogP contribution in [0.1, 0.15) is 26.2 Å². The molecule has 1 saturated carbocycles. The number of urea groups is 1. The fourth-order valence-corrected chi connectivity index (χ4v) is 2.07. The lowest BCUT2D eigenvalue weighted by atomic mass is 9.92. The first kappa shape index (κ1) is 10.0. The van der Waals surface area contributed by atoms with Gasteiger partial charge < -0.3 is 5.73 Å². The molecule has 4 nitrogen and oxygen atoms in total. The van der Waals surface area contributed by atoms with Gasteiger partial charge in [-0.15, -0.1) is 6.42 Å². The minimum absolute atomic E-state index is 0.284. The van der Waals surface area contributed by atoms with E-state index in [0.29, 0.717) is 11.8 Å². The summed E-state index contributed by atoms with van der Waals surface area (Å²) >= 11 is 0. The second-order valence-corrected chi connectivity index (χ2v) is 4.49. The van der Waals surface area contributed by atoms with Gasteiger partial charge in [-0.2, -0.15) is 4.99 Å². The summed E-state index contributed by atoms with van der Waals surface area (Å²) in [6, 6.07) is -0.298. The Morgan fingerprint density at radius 1 is 1.73 bits per heavy atom. The first-order valence-corrected chi connectivity index (χ1v) is 5.17. The molecule has 0 bridgehead atoms. The van der Waals surface area contributed by atoms with E-state index in [1.165, 1.54) is 12.8 Å². The lowest BCUT2D eigenvalue weighted by Crippen LogP contribution is -2.52. The second-order valence-electron chi connectivity index (χ2n) is 4.49. The number of hydrogen-bond donors (Lipinski definition) is 1. The highest BCUT2D eigenvalue weighted by molar-refractivity contribution is 6.05. The van der Waals surface area contributed by atoms with Crippen molar-refractivity contribution >= 4 is 11.9 Å². The Labute approximate surface area is 89.5 Å². The molecule has 80 valence electrons. The molecule has 1 fully saturated rings. The maximum atomic E-state index is 11.6. The van der Waals surface area contributed by atoms with Gasteiger partial charge in [0.2, 0.25) is 0 Å². The van der Waals surface area contributed by atoms with Crippen LogP contribution in [-0.4, -0.2) is 28.9 Å². The molecule has 0 aromatic heterocycles. The Bertz CT molecular complexity index is 365. The van der Waals surface area contributed by atoms with Crippen molar-refractivity contribution < 1.29 is 4.79 Å². The molecule has 1 aliphatic heterocycles. The van der Waals surface area contributed by atoms with Crippen LogP contribution in [0.3, 0.4) is 0 Å². The highest BCUT2D eigenvalue weighted by Gasteiger charge is 2.47. The van der Waals surface area contributed by atoms with Crippen LogP contribution >= 0.6 is 0 Å². The summed E-state index contributed by atoms with van der Waals surface area (Å²) in [6.45, 7) is 2.23. The molecule has 0 saturated heterocycles. The van der Waals surface area contributed by atoms with E-state index in [-0.39, 0.29) is 12.6 Å². The van der Waals surface area contributed by atoms with Crippen LogP contribution in [0.25, 0.3) is 0 Å². The van der Waals surface area contributed by atoms with Crippen molar-refractivity contribution in [2.75, 3.05) is 6.54 Å². The third-order valence-electron chi connectivity index (χ3n) is 3.23. The standard InChI is InChI=1S/C11H15N3O/c1-3-6-14-10(15)13-9(12)11(14,2)7-8-4-5-8/h1,8H,4-7H2,2H3,(H2,12,13,15). The van der Waals surface area contributed by atoms with Gasteiger partial charge in [0.05, 0.1) is 6.54 Å². The summed E-state index contributed by atoms with van der Waals surface area (Å²) in [5, 5.41) is 0. The van der Waals surface area contributed by atoms with Gasteiger partial charge in [0.25, 0.3) is 0 Å². The predicted molar refractivity (Wildman–Crippen MR) is 58.3 cm³/mol. The Morgan fingerprint density at radius 3 is 2.93 bits per heavy atom. The van der Waals surface area contributed by atoms with E-state index in [0.717, 1.165) is 6.42 Å². The van der Waals surface area contributed by atoms with E-state index in [1.807, 2.05) is 6.92 Å². The third-order valence-corrected chi connectivity index (χ3v) is 3.23. The van der Waals surface area contributed by atoms with Crippen LogP contribution < -0.4 is 5.73 Å². The van der Waals surface area contributed by atoms with Gasteiger partial charge in [-0.05, 0) is 19.3 Å². The molecule has 2 rings (SSSR count). The predicted octanol–water partition coefficient (Wildman–Crippen LogP) is 0.971. The van der Waals surface area contributed by atoms with E-state index in [2.05, 4.69) is 10.9 Å². The smallest absolute Gasteiger partial charge is 0.346 e. The number of amidine groups is 1. The number of carbonyl (C=O) groups is 1. The van der Waals surface area contributed by atoms with Crippen molar-refractivity contribution in [1.29, 1.82) is 0 Å². The number of aliphatic imine (C=N–C) groups is 1. The third kappa shape index (κ3) is 1.58. The molecule has 1 unspecified atom stereocenters. The molecular formula is C11H15N3O. The monoisotopic (exact) mass is 205 g/mol. The van der Waals surface area contributed by atoms with Gasteiger partial charge in [-0.1, -0.05) is 18.8 Å². The van der Waals surface area contributed by atoms with Crippen LogP contribution in [0.5, 0.6) is 0 Å². The number of nitrogens with zero attached hydrogens (tertiary/aromatic N) is 2. The van der Waals surface area contributed by atoms with Crippen molar-refractivity contribution in [2.45, 2.75) is 31.7 Å². The fourth-order valence-electron chi connectivity index (χ4n) is 2.07. The van der Waals surface area contributed by atoms with E-state index in [9.17, 15) is 4.79 Å². The van der Waals surface area contributed by atoms with Gasteiger partial charge in [-0.3, -0.25) is 4.90 Å². The number of hydrogen-bond acceptors (Lipinski definition) is 2. The normalized spacial score (nSPS) is 30.3. The summed E-state index contributed by atoms with van der Waals surface area (Å²) in [6.07, 6.45) is 8.58. The minimum atomic E-state index is -0.454. The zero-order valence-corrected chi connectivity index (χ0v) is 8.86. The molecule has 1 atom stereocenters. The quantitative estimate of drug-likeness (QED) is 0.698. The Morgan fingerprint density at radius 2 is 2.40 bits per heavy atom. The molecule has 0 aromatic rings. The number of terminal acetylenes is 1. The van der Waals surface area contributed by atoms with Gasteiger partial charge in [0, 0.05) is 0 Å². The Kier molecular flexibility index (Phi) is 2.18. The van der Waals surface area contributed by atoms with Crippen molar-refractivity contribution in [3.8, 4) is 12.3 Å². The van der Waals surface area contributed by atoms with Crippen molar-refractivity contribution in [3.05, 3.63) is 0 Å². The molecule has 0 radical (unpaired) electrons. The molecule has 4 heteroatoms. The van der Waals surface area contributed by atoms with Crippen LogP contribution in [0.15, 0.2) is 4.99 Å². The molecule has 0 spiro atoms. The van der Waals surface area contributed by atoms with Gasteiger partial charge in [-0.25, -0.2) is 4.79 Å². The van der Waals surface area contributed by atoms with E-state index in [4.69, 9.17) is 12.2 Å². The summed E-state index contributed by atoms with van der Waals surface area (Å²) < 4.78 is 0. The largest absolute Gasteiger partial charge is 0.385 e. The second kappa shape index (κ2) is 3.27.